The quantitative estimate of drug-likeness (QED) is 0.290. The van der Waals surface area contributed by atoms with E-state index < -0.39 is 0 Å². The highest BCUT2D eigenvalue weighted by Crippen LogP contribution is 2.38. The second-order valence-corrected chi connectivity index (χ2v) is 8.25. The minimum Gasteiger partial charge on any atom is -0.381 e. The van der Waals surface area contributed by atoms with Crippen LogP contribution in [0.15, 0.2) is 29.3 Å². The van der Waals surface area contributed by atoms with E-state index in [4.69, 9.17) is 9.47 Å². The number of nitrogens with zero attached hydrogens (tertiary/aromatic N) is 2. The minimum absolute atomic E-state index is 0. The highest BCUT2D eigenvalue weighted by molar-refractivity contribution is 14.0. The number of likely N-dealkylation sites (tertiary alicyclic amines) is 1. The fourth-order valence-corrected chi connectivity index (χ4v) is 4.80. The van der Waals surface area contributed by atoms with E-state index in [-0.39, 0.29) is 30.1 Å². The Bertz CT molecular complexity index is 661. The van der Waals surface area contributed by atoms with Gasteiger partial charge in [0.05, 0.1) is 12.7 Å². The molecular formula is C22H34IN3O2. The van der Waals surface area contributed by atoms with Crippen LogP contribution in [0, 0.1) is 5.41 Å². The lowest BCUT2D eigenvalue weighted by molar-refractivity contribution is 0.0397. The molecule has 156 valence electrons. The van der Waals surface area contributed by atoms with Crippen LogP contribution in [0.1, 0.15) is 49.3 Å². The van der Waals surface area contributed by atoms with Gasteiger partial charge in [-0.05, 0) is 49.7 Å². The second-order valence-electron chi connectivity index (χ2n) is 8.25. The Morgan fingerprint density at radius 2 is 2.25 bits per heavy atom. The van der Waals surface area contributed by atoms with Crippen LogP contribution in [-0.4, -0.2) is 57.4 Å². The van der Waals surface area contributed by atoms with Crippen molar-refractivity contribution in [3.63, 3.8) is 0 Å². The summed E-state index contributed by atoms with van der Waals surface area (Å²) in [6.45, 7) is 5.68. The zero-order valence-corrected chi connectivity index (χ0v) is 19.3. The van der Waals surface area contributed by atoms with Crippen LogP contribution in [0.2, 0.25) is 0 Å². The molecule has 1 spiro atoms. The van der Waals surface area contributed by atoms with Gasteiger partial charge in [0.15, 0.2) is 5.96 Å². The van der Waals surface area contributed by atoms with E-state index in [1.54, 1.807) is 0 Å². The highest BCUT2D eigenvalue weighted by atomic mass is 127. The molecular weight excluding hydrogens is 465 g/mol. The van der Waals surface area contributed by atoms with Gasteiger partial charge >= 0.3 is 0 Å². The molecule has 2 saturated heterocycles. The first kappa shape index (κ1) is 21.8. The molecule has 2 aliphatic heterocycles. The van der Waals surface area contributed by atoms with E-state index in [2.05, 4.69) is 39.5 Å². The molecule has 1 N–H and O–H groups in total. The molecule has 0 saturated carbocycles. The molecule has 2 unspecified atom stereocenters. The number of hydrogen-bond acceptors (Lipinski definition) is 3. The third-order valence-corrected chi connectivity index (χ3v) is 6.37. The molecule has 1 aliphatic carbocycles. The van der Waals surface area contributed by atoms with Gasteiger partial charge in [0, 0.05) is 45.3 Å². The van der Waals surface area contributed by atoms with Crippen molar-refractivity contribution in [1.82, 2.24) is 10.2 Å². The molecule has 28 heavy (non-hydrogen) atoms. The van der Waals surface area contributed by atoms with E-state index in [1.807, 2.05) is 7.05 Å². The Labute approximate surface area is 186 Å². The van der Waals surface area contributed by atoms with Crippen LogP contribution >= 0.6 is 24.0 Å². The van der Waals surface area contributed by atoms with Gasteiger partial charge in [0.2, 0.25) is 0 Å². The fraction of sp³-hybridized carbons (Fsp3) is 0.682. The summed E-state index contributed by atoms with van der Waals surface area (Å²) >= 11 is 0. The summed E-state index contributed by atoms with van der Waals surface area (Å²) in [5, 5.41) is 3.53. The first-order chi connectivity index (χ1) is 13.3. The predicted molar refractivity (Wildman–Crippen MR) is 124 cm³/mol. The van der Waals surface area contributed by atoms with Crippen molar-refractivity contribution in [3.8, 4) is 0 Å². The maximum absolute atomic E-state index is 6.22. The number of aliphatic imine (C=N–C) groups is 1. The summed E-state index contributed by atoms with van der Waals surface area (Å²) in [6, 6.07) is 8.74. The third kappa shape index (κ3) is 5.00. The van der Waals surface area contributed by atoms with Crippen molar-refractivity contribution < 1.29 is 9.47 Å². The average Bonchev–Trinajstić information content (AvgIpc) is 3.35. The monoisotopic (exact) mass is 499 g/mol. The molecule has 3 aliphatic rings. The molecule has 0 amide bonds. The topological polar surface area (TPSA) is 46.1 Å². The molecule has 2 atom stereocenters. The van der Waals surface area contributed by atoms with Crippen LogP contribution in [0.25, 0.3) is 0 Å². The number of hydrogen-bond donors (Lipinski definition) is 1. The summed E-state index contributed by atoms with van der Waals surface area (Å²) in [6.07, 6.45) is 7.25. The molecule has 2 heterocycles. The molecule has 4 rings (SSSR count). The van der Waals surface area contributed by atoms with Crippen molar-refractivity contribution in [2.45, 2.75) is 44.6 Å². The standard InChI is InChI=1S/C22H33N3O2.HI/c1-23-21(25-13-10-22(16-25)11-15-26-17-22)24-12-5-14-27-20-9-4-7-18-6-2-3-8-19(18)20;/h2-3,6,8,20H,4-5,7,9-17H2,1H3,(H,23,24);1H. The van der Waals surface area contributed by atoms with Crippen LogP contribution in [0.4, 0.5) is 0 Å². The zero-order chi connectivity index (χ0) is 18.5. The Hall–Kier alpha value is -0.860. The van der Waals surface area contributed by atoms with Crippen molar-refractivity contribution in [2.24, 2.45) is 10.4 Å². The Kier molecular flexibility index (Phi) is 8.00. The Morgan fingerprint density at radius 1 is 1.36 bits per heavy atom. The SMILES string of the molecule is CN=C(NCCCOC1CCCc2ccccc21)N1CCC2(CCOC2)C1.I. The van der Waals surface area contributed by atoms with Crippen LogP contribution in [-0.2, 0) is 15.9 Å². The number of ether oxygens (including phenoxy) is 2. The second kappa shape index (κ2) is 10.3. The van der Waals surface area contributed by atoms with Crippen molar-refractivity contribution in [1.29, 1.82) is 0 Å². The number of benzene rings is 1. The summed E-state index contributed by atoms with van der Waals surface area (Å²) in [7, 11) is 1.88. The summed E-state index contributed by atoms with van der Waals surface area (Å²) in [4.78, 5) is 6.89. The van der Waals surface area contributed by atoms with Crippen molar-refractivity contribution in [3.05, 3.63) is 35.4 Å². The van der Waals surface area contributed by atoms with Crippen molar-refractivity contribution in [2.75, 3.05) is 46.5 Å². The lowest BCUT2D eigenvalue weighted by Crippen LogP contribution is -2.42. The van der Waals surface area contributed by atoms with E-state index in [1.165, 1.54) is 36.8 Å². The number of guanidine groups is 1. The first-order valence-electron chi connectivity index (χ1n) is 10.5. The van der Waals surface area contributed by atoms with E-state index in [9.17, 15) is 0 Å². The van der Waals surface area contributed by atoms with Gasteiger partial charge in [-0.3, -0.25) is 4.99 Å². The maximum atomic E-state index is 6.22. The molecule has 1 aromatic carbocycles. The van der Waals surface area contributed by atoms with E-state index in [0.717, 1.165) is 58.3 Å². The van der Waals surface area contributed by atoms with Gasteiger partial charge in [-0.15, -0.1) is 24.0 Å². The molecule has 2 fully saturated rings. The normalized spacial score (nSPS) is 27.0. The molecule has 0 bridgehead atoms. The molecule has 0 radical (unpaired) electrons. The van der Waals surface area contributed by atoms with Gasteiger partial charge in [-0.1, -0.05) is 24.3 Å². The van der Waals surface area contributed by atoms with Gasteiger partial charge in [0.1, 0.15) is 0 Å². The van der Waals surface area contributed by atoms with Gasteiger partial charge in [-0.2, -0.15) is 0 Å². The Morgan fingerprint density at radius 3 is 3.07 bits per heavy atom. The lowest BCUT2D eigenvalue weighted by Gasteiger charge is -2.26. The molecule has 0 aromatic heterocycles. The Balaban J connectivity index is 0.00000225. The van der Waals surface area contributed by atoms with E-state index in [0.29, 0.717) is 5.41 Å². The lowest BCUT2D eigenvalue weighted by atomic mass is 9.87. The van der Waals surface area contributed by atoms with Gasteiger partial charge in [-0.25, -0.2) is 0 Å². The number of aryl methyl sites for hydroxylation is 1. The molecule has 1 aromatic rings. The smallest absolute Gasteiger partial charge is 0.193 e. The van der Waals surface area contributed by atoms with Crippen LogP contribution < -0.4 is 5.32 Å². The first-order valence-corrected chi connectivity index (χ1v) is 10.5. The largest absolute Gasteiger partial charge is 0.381 e. The summed E-state index contributed by atoms with van der Waals surface area (Å²) in [5.74, 6) is 1.03. The number of fused-ring (bicyclic) bond motifs is 1. The predicted octanol–water partition coefficient (Wildman–Crippen LogP) is 3.78. The third-order valence-electron chi connectivity index (χ3n) is 6.37. The van der Waals surface area contributed by atoms with Gasteiger partial charge < -0.3 is 19.7 Å². The maximum Gasteiger partial charge on any atom is 0.193 e. The number of rotatable bonds is 5. The van der Waals surface area contributed by atoms with Crippen LogP contribution in [0.3, 0.4) is 0 Å². The number of nitrogens with one attached hydrogen (secondary N) is 1. The molecule has 6 heteroatoms. The zero-order valence-electron chi connectivity index (χ0n) is 17.0. The van der Waals surface area contributed by atoms with Crippen LogP contribution in [0.5, 0.6) is 0 Å². The van der Waals surface area contributed by atoms with Gasteiger partial charge in [0.25, 0.3) is 0 Å². The highest BCUT2D eigenvalue weighted by Gasteiger charge is 2.42. The fourth-order valence-electron chi connectivity index (χ4n) is 4.80. The van der Waals surface area contributed by atoms with E-state index >= 15 is 0 Å². The average molecular weight is 499 g/mol. The summed E-state index contributed by atoms with van der Waals surface area (Å²) < 4.78 is 11.9. The minimum atomic E-state index is 0. The van der Waals surface area contributed by atoms with Crippen molar-refractivity contribution >= 4 is 29.9 Å². The molecule has 5 nitrogen and oxygen atoms in total. The summed E-state index contributed by atoms with van der Waals surface area (Å²) in [5.41, 5.74) is 3.23. The number of halogens is 1.